The molecule has 0 bridgehead atoms. The molecule has 1 fully saturated rings. The van der Waals surface area contributed by atoms with E-state index in [1.165, 1.54) is 37.1 Å². The van der Waals surface area contributed by atoms with E-state index in [0.29, 0.717) is 11.4 Å². The Balaban J connectivity index is 2.02. The number of ether oxygens (including phenoxy) is 1. The highest BCUT2D eigenvalue weighted by atomic mass is 35.5. The number of carbonyl (C=O) groups is 2. The van der Waals surface area contributed by atoms with E-state index < -0.39 is 33.9 Å². The zero-order valence-electron chi connectivity index (χ0n) is 13.4. The number of nitrogens with two attached hydrogens (primary N) is 1. The Morgan fingerprint density at radius 1 is 1.42 bits per heavy atom. The van der Waals surface area contributed by atoms with E-state index >= 15 is 0 Å². The third-order valence-corrected chi connectivity index (χ3v) is 5.95. The zero-order chi connectivity index (χ0) is 18.1. The van der Waals surface area contributed by atoms with Crippen LogP contribution in [-0.4, -0.2) is 55.9 Å². The van der Waals surface area contributed by atoms with Gasteiger partial charge >= 0.3 is 5.97 Å². The van der Waals surface area contributed by atoms with Gasteiger partial charge in [-0.2, -0.15) is 0 Å². The Bertz CT molecular complexity index is 765. The highest BCUT2D eigenvalue weighted by Gasteiger charge is 2.35. The molecule has 1 saturated heterocycles. The Labute approximate surface area is 145 Å². The van der Waals surface area contributed by atoms with Crippen LogP contribution in [0, 0.1) is 0 Å². The summed E-state index contributed by atoms with van der Waals surface area (Å²) in [6.45, 7) is 1.44. The van der Waals surface area contributed by atoms with Crippen LogP contribution in [0.25, 0.3) is 0 Å². The molecular formula is C15H19ClN2O5S. The van der Waals surface area contributed by atoms with Crippen molar-refractivity contribution in [2.45, 2.75) is 25.5 Å². The fourth-order valence-electron chi connectivity index (χ4n) is 2.54. The maximum absolute atomic E-state index is 12.3. The lowest BCUT2D eigenvalue weighted by molar-refractivity contribution is -0.140. The number of esters is 1. The quantitative estimate of drug-likeness (QED) is 0.625. The Morgan fingerprint density at radius 2 is 2.08 bits per heavy atom. The number of anilines is 1. The lowest BCUT2D eigenvalue weighted by Gasteiger charge is -2.26. The first-order valence-electron chi connectivity index (χ1n) is 7.34. The lowest BCUT2D eigenvalue weighted by Crippen LogP contribution is -2.44. The van der Waals surface area contributed by atoms with E-state index in [4.69, 9.17) is 22.1 Å². The number of amides is 1. The van der Waals surface area contributed by atoms with Crippen molar-refractivity contribution in [1.29, 1.82) is 0 Å². The van der Waals surface area contributed by atoms with E-state index in [-0.39, 0.29) is 22.8 Å². The number of hydrogen-bond donors (Lipinski definition) is 1. The van der Waals surface area contributed by atoms with Gasteiger partial charge in [-0.05, 0) is 31.5 Å². The lowest BCUT2D eigenvalue weighted by atomic mass is 10.2. The number of carbonyl (C=O) groups excluding carboxylic acids is 2. The molecule has 132 valence electrons. The fraction of sp³-hybridized carbons (Fsp3) is 0.467. The van der Waals surface area contributed by atoms with Gasteiger partial charge in [-0.25, -0.2) is 13.2 Å². The molecule has 2 rings (SSSR count). The molecule has 2 N–H and O–H groups in total. The zero-order valence-corrected chi connectivity index (χ0v) is 14.9. The summed E-state index contributed by atoms with van der Waals surface area (Å²) in [5.74, 6) is -1.21. The van der Waals surface area contributed by atoms with Gasteiger partial charge in [-0.15, -0.1) is 0 Å². The molecule has 9 heteroatoms. The van der Waals surface area contributed by atoms with Gasteiger partial charge in [-0.1, -0.05) is 11.6 Å². The first-order chi connectivity index (χ1) is 11.1. The van der Waals surface area contributed by atoms with Gasteiger partial charge in [0.15, 0.2) is 15.9 Å². The number of likely N-dealkylation sites (N-methyl/N-ethyl adjacent to an activating group) is 1. The molecule has 0 radical (unpaired) electrons. The summed E-state index contributed by atoms with van der Waals surface area (Å²) in [7, 11) is -1.60. The van der Waals surface area contributed by atoms with Crippen LogP contribution in [0.4, 0.5) is 5.69 Å². The molecule has 1 aromatic carbocycles. The van der Waals surface area contributed by atoms with Crippen molar-refractivity contribution in [1.82, 2.24) is 4.90 Å². The van der Waals surface area contributed by atoms with E-state index in [2.05, 4.69) is 0 Å². The average Bonchev–Trinajstić information content (AvgIpc) is 2.85. The van der Waals surface area contributed by atoms with E-state index in [9.17, 15) is 18.0 Å². The van der Waals surface area contributed by atoms with Gasteiger partial charge < -0.3 is 15.4 Å². The standard InChI is InChI=1S/C15H19ClN2O5S/c1-9(14(19)18(2)11-5-6-24(21,22)8-11)23-15(20)12-4-3-10(16)7-13(12)17/h3-4,7,9,11H,5-6,8,17H2,1-2H3/t9-,11+/m1/s1. The third-order valence-electron chi connectivity index (χ3n) is 3.97. The van der Waals surface area contributed by atoms with Gasteiger partial charge in [0, 0.05) is 23.8 Å². The molecule has 7 nitrogen and oxygen atoms in total. The smallest absolute Gasteiger partial charge is 0.341 e. The number of sulfone groups is 1. The Kier molecular flexibility index (Phi) is 5.39. The summed E-state index contributed by atoms with van der Waals surface area (Å²) < 4.78 is 28.2. The van der Waals surface area contributed by atoms with Gasteiger partial charge in [0.25, 0.3) is 5.91 Å². The summed E-state index contributed by atoms with van der Waals surface area (Å²) in [6, 6.07) is 3.94. The van der Waals surface area contributed by atoms with Crippen LogP contribution < -0.4 is 5.73 Å². The minimum atomic E-state index is -3.11. The second-order valence-corrected chi connectivity index (χ2v) is 8.45. The number of nitrogens with zero attached hydrogens (tertiary/aromatic N) is 1. The maximum atomic E-state index is 12.3. The van der Waals surface area contributed by atoms with Crippen LogP contribution in [0.3, 0.4) is 0 Å². The summed E-state index contributed by atoms with van der Waals surface area (Å²) in [5, 5.41) is 0.385. The third kappa shape index (κ3) is 4.18. The van der Waals surface area contributed by atoms with Crippen molar-refractivity contribution in [3.8, 4) is 0 Å². The summed E-state index contributed by atoms with van der Waals surface area (Å²) in [5.41, 5.74) is 5.99. The number of benzene rings is 1. The van der Waals surface area contributed by atoms with Crippen molar-refractivity contribution in [2.75, 3.05) is 24.3 Å². The van der Waals surface area contributed by atoms with Crippen LogP contribution >= 0.6 is 11.6 Å². The molecule has 1 amide bonds. The minimum absolute atomic E-state index is 0.0603. The summed E-state index contributed by atoms with van der Waals surface area (Å²) >= 11 is 5.77. The largest absolute Gasteiger partial charge is 0.449 e. The number of hydrogen-bond acceptors (Lipinski definition) is 6. The summed E-state index contributed by atoms with van der Waals surface area (Å²) in [4.78, 5) is 25.8. The SMILES string of the molecule is C[C@@H](OC(=O)c1ccc(Cl)cc1N)C(=O)N(C)[C@H]1CCS(=O)(=O)C1. The number of rotatable bonds is 4. The average molecular weight is 375 g/mol. The van der Waals surface area contributed by atoms with Gasteiger partial charge in [0.05, 0.1) is 17.1 Å². The molecule has 0 saturated carbocycles. The molecule has 0 spiro atoms. The molecule has 1 aliphatic heterocycles. The minimum Gasteiger partial charge on any atom is -0.449 e. The van der Waals surface area contributed by atoms with Crippen LogP contribution in [0.5, 0.6) is 0 Å². The number of nitrogen functional groups attached to an aromatic ring is 1. The van der Waals surface area contributed by atoms with E-state index in [0.717, 1.165) is 0 Å². The predicted molar refractivity (Wildman–Crippen MR) is 90.6 cm³/mol. The van der Waals surface area contributed by atoms with E-state index in [1.54, 1.807) is 0 Å². The van der Waals surface area contributed by atoms with Crippen molar-refractivity contribution in [3.63, 3.8) is 0 Å². The maximum Gasteiger partial charge on any atom is 0.341 e. The molecule has 2 atom stereocenters. The fourth-order valence-corrected chi connectivity index (χ4v) is 4.50. The molecule has 1 aromatic rings. The molecule has 0 aliphatic carbocycles. The Morgan fingerprint density at radius 3 is 2.62 bits per heavy atom. The van der Waals surface area contributed by atoms with Crippen LogP contribution in [0.1, 0.15) is 23.7 Å². The number of halogens is 1. The van der Waals surface area contributed by atoms with Gasteiger partial charge in [-0.3, -0.25) is 4.79 Å². The van der Waals surface area contributed by atoms with Gasteiger partial charge in [0.2, 0.25) is 0 Å². The molecule has 0 unspecified atom stereocenters. The van der Waals surface area contributed by atoms with Crippen molar-refractivity contribution >= 4 is 39.0 Å². The highest BCUT2D eigenvalue weighted by molar-refractivity contribution is 7.91. The molecule has 0 aromatic heterocycles. The van der Waals surface area contributed by atoms with Crippen molar-refractivity contribution in [3.05, 3.63) is 28.8 Å². The van der Waals surface area contributed by atoms with Crippen LogP contribution in [0.2, 0.25) is 5.02 Å². The van der Waals surface area contributed by atoms with E-state index in [1.807, 2.05) is 0 Å². The van der Waals surface area contributed by atoms with Crippen molar-refractivity contribution in [2.24, 2.45) is 0 Å². The second-order valence-electron chi connectivity index (χ2n) is 5.79. The molecule has 1 aliphatic rings. The topological polar surface area (TPSA) is 107 Å². The highest BCUT2D eigenvalue weighted by Crippen LogP contribution is 2.21. The van der Waals surface area contributed by atoms with Gasteiger partial charge in [0.1, 0.15) is 0 Å². The Hall–Kier alpha value is -1.80. The first-order valence-corrected chi connectivity index (χ1v) is 9.54. The molecular weight excluding hydrogens is 356 g/mol. The van der Waals surface area contributed by atoms with Crippen LogP contribution in [-0.2, 0) is 19.4 Å². The van der Waals surface area contributed by atoms with Crippen LogP contribution in [0.15, 0.2) is 18.2 Å². The molecule has 1 heterocycles. The van der Waals surface area contributed by atoms with Crippen molar-refractivity contribution < 1.29 is 22.7 Å². The monoisotopic (exact) mass is 374 g/mol. The normalized spacial score (nSPS) is 20.4. The summed E-state index contributed by atoms with van der Waals surface area (Å²) in [6.07, 6.45) is -0.670. The second kappa shape index (κ2) is 6.98. The first kappa shape index (κ1) is 18.5. The molecule has 24 heavy (non-hydrogen) atoms. The predicted octanol–water partition coefficient (Wildman–Crippen LogP) is 1.11.